The van der Waals surface area contributed by atoms with E-state index < -0.39 is 5.91 Å². The SMILES string of the molecule is CC(C)N(CC(N)=O)CC(=O)N(Cc1ccccc1)C(C)C1CC1. The Labute approximate surface area is 144 Å². The molecule has 24 heavy (non-hydrogen) atoms. The number of nitrogens with two attached hydrogens (primary N) is 1. The molecule has 1 aliphatic carbocycles. The van der Waals surface area contributed by atoms with Crippen molar-refractivity contribution in [1.82, 2.24) is 9.80 Å². The van der Waals surface area contributed by atoms with Crippen molar-refractivity contribution in [3.05, 3.63) is 35.9 Å². The third-order valence-electron chi connectivity index (χ3n) is 4.74. The fraction of sp³-hybridized carbons (Fsp3) is 0.579. The summed E-state index contributed by atoms with van der Waals surface area (Å²) in [4.78, 5) is 28.0. The van der Waals surface area contributed by atoms with E-state index >= 15 is 0 Å². The number of carbonyl (C=O) groups is 2. The van der Waals surface area contributed by atoms with Crippen LogP contribution in [0, 0.1) is 5.92 Å². The molecule has 132 valence electrons. The number of rotatable bonds is 9. The summed E-state index contributed by atoms with van der Waals surface area (Å²) in [6.07, 6.45) is 2.38. The normalized spacial score (nSPS) is 15.5. The number of hydrogen-bond acceptors (Lipinski definition) is 3. The van der Waals surface area contributed by atoms with Gasteiger partial charge in [0, 0.05) is 18.6 Å². The predicted molar refractivity (Wildman–Crippen MR) is 95.1 cm³/mol. The largest absolute Gasteiger partial charge is 0.369 e. The Hall–Kier alpha value is -1.88. The highest BCUT2D eigenvalue weighted by Crippen LogP contribution is 2.35. The van der Waals surface area contributed by atoms with Gasteiger partial charge in [0.1, 0.15) is 0 Å². The molecule has 5 heteroatoms. The summed E-state index contributed by atoms with van der Waals surface area (Å²) in [5, 5.41) is 0. The lowest BCUT2D eigenvalue weighted by Gasteiger charge is -2.33. The molecule has 0 bridgehead atoms. The van der Waals surface area contributed by atoms with E-state index in [4.69, 9.17) is 5.73 Å². The molecule has 2 N–H and O–H groups in total. The number of hydrogen-bond donors (Lipinski definition) is 1. The monoisotopic (exact) mass is 331 g/mol. The summed E-state index contributed by atoms with van der Waals surface area (Å²) >= 11 is 0. The Morgan fingerprint density at radius 3 is 2.25 bits per heavy atom. The van der Waals surface area contributed by atoms with Crippen LogP contribution in [-0.2, 0) is 16.1 Å². The topological polar surface area (TPSA) is 66.6 Å². The van der Waals surface area contributed by atoms with Gasteiger partial charge in [0.15, 0.2) is 0 Å². The van der Waals surface area contributed by atoms with Crippen molar-refractivity contribution >= 4 is 11.8 Å². The van der Waals surface area contributed by atoms with Gasteiger partial charge in [-0.3, -0.25) is 14.5 Å². The lowest BCUT2D eigenvalue weighted by atomic mass is 10.1. The smallest absolute Gasteiger partial charge is 0.237 e. The number of carbonyl (C=O) groups excluding carboxylic acids is 2. The number of primary amides is 1. The summed E-state index contributed by atoms with van der Waals surface area (Å²) in [7, 11) is 0. The molecular formula is C19H29N3O2. The Morgan fingerprint density at radius 2 is 1.75 bits per heavy atom. The van der Waals surface area contributed by atoms with E-state index in [1.54, 1.807) is 0 Å². The van der Waals surface area contributed by atoms with Crippen molar-refractivity contribution in [2.24, 2.45) is 11.7 Å². The molecule has 1 aromatic rings. The molecule has 1 aliphatic rings. The van der Waals surface area contributed by atoms with E-state index in [1.165, 1.54) is 12.8 Å². The van der Waals surface area contributed by atoms with Gasteiger partial charge in [-0.1, -0.05) is 30.3 Å². The zero-order valence-electron chi connectivity index (χ0n) is 14.9. The van der Waals surface area contributed by atoms with E-state index in [2.05, 4.69) is 6.92 Å². The van der Waals surface area contributed by atoms with Gasteiger partial charge in [-0.25, -0.2) is 0 Å². The minimum absolute atomic E-state index is 0.0632. The molecule has 2 amide bonds. The molecule has 1 aromatic carbocycles. The van der Waals surface area contributed by atoms with Gasteiger partial charge in [-0.05, 0) is 45.1 Å². The fourth-order valence-electron chi connectivity index (χ4n) is 2.96. The summed E-state index contributed by atoms with van der Waals surface area (Å²) in [6.45, 7) is 7.03. The van der Waals surface area contributed by atoms with E-state index in [1.807, 2.05) is 54.0 Å². The highest BCUT2D eigenvalue weighted by atomic mass is 16.2. The Kier molecular flexibility index (Phi) is 6.37. The van der Waals surface area contributed by atoms with Crippen molar-refractivity contribution in [1.29, 1.82) is 0 Å². The third-order valence-corrected chi connectivity index (χ3v) is 4.74. The zero-order valence-corrected chi connectivity index (χ0v) is 14.9. The Bertz CT molecular complexity index is 555. The first-order valence-corrected chi connectivity index (χ1v) is 8.74. The van der Waals surface area contributed by atoms with Crippen LogP contribution >= 0.6 is 0 Å². The van der Waals surface area contributed by atoms with E-state index in [0.29, 0.717) is 12.5 Å². The minimum atomic E-state index is -0.402. The van der Waals surface area contributed by atoms with Gasteiger partial charge < -0.3 is 10.6 Å². The van der Waals surface area contributed by atoms with Crippen LogP contribution < -0.4 is 5.73 Å². The average molecular weight is 331 g/mol. The molecule has 0 saturated heterocycles. The molecule has 1 unspecified atom stereocenters. The molecule has 1 atom stereocenters. The highest BCUT2D eigenvalue weighted by Gasteiger charge is 2.34. The van der Waals surface area contributed by atoms with Crippen LogP contribution in [0.1, 0.15) is 39.2 Å². The first-order valence-electron chi connectivity index (χ1n) is 8.74. The quantitative estimate of drug-likeness (QED) is 0.753. The fourth-order valence-corrected chi connectivity index (χ4v) is 2.96. The molecule has 1 saturated carbocycles. The summed E-state index contributed by atoms with van der Waals surface area (Å²) in [5.41, 5.74) is 6.45. The van der Waals surface area contributed by atoms with Crippen LogP contribution in [0.3, 0.4) is 0 Å². The lowest BCUT2D eigenvalue weighted by molar-refractivity contribution is -0.136. The molecule has 0 heterocycles. The van der Waals surface area contributed by atoms with Crippen LogP contribution in [0.5, 0.6) is 0 Å². The second-order valence-electron chi connectivity index (χ2n) is 7.05. The van der Waals surface area contributed by atoms with Crippen molar-refractivity contribution in [3.8, 4) is 0 Å². The highest BCUT2D eigenvalue weighted by molar-refractivity contribution is 5.80. The minimum Gasteiger partial charge on any atom is -0.369 e. The van der Waals surface area contributed by atoms with Crippen LogP contribution in [-0.4, -0.2) is 46.8 Å². The van der Waals surface area contributed by atoms with Crippen molar-refractivity contribution in [3.63, 3.8) is 0 Å². The van der Waals surface area contributed by atoms with Crippen LogP contribution in [0.4, 0.5) is 0 Å². The molecule has 0 aliphatic heterocycles. The zero-order chi connectivity index (χ0) is 17.7. The summed E-state index contributed by atoms with van der Waals surface area (Å²) < 4.78 is 0. The first kappa shape index (κ1) is 18.5. The van der Waals surface area contributed by atoms with E-state index in [0.717, 1.165) is 5.56 Å². The Balaban J connectivity index is 2.09. The van der Waals surface area contributed by atoms with Gasteiger partial charge in [0.05, 0.1) is 13.1 Å². The van der Waals surface area contributed by atoms with Gasteiger partial charge >= 0.3 is 0 Å². The van der Waals surface area contributed by atoms with Crippen LogP contribution in [0.25, 0.3) is 0 Å². The molecule has 5 nitrogen and oxygen atoms in total. The molecule has 0 spiro atoms. The van der Waals surface area contributed by atoms with Gasteiger partial charge in [-0.15, -0.1) is 0 Å². The van der Waals surface area contributed by atoms with Crippen molar-refractivity contribution in [2.75, 3.05) is 13.1 Å². The molecule has 2 rings (SSSR count). The average Bonchev–Trinajstić information content (AvgIpc) is 3.36. The van der Waals surface area contributed by atoms with E-state index in [-0.39, 0.29) is 31.1 Å². The molecule has 0 radical (unpaired) electrons. The molecule has 1 fully saturated rings. The van der Waals surface area contributed by atoms with Crippen LogP contribution in [0.2, 0.25) is 0 Å². The number of nitrogens with zero attached hydrogens (tertiary/aromatic N) is 2. The second-order valence-corrected chi connectivity index (χ2v) is 7.05. The lowest BCUT2D eigenvalue weighted by Crippen LogP contribution is -2.48. The van der Waals surface area contributed by atoms with Crippen molar-refractivity contribution in [2.45, 2.75) is 52.2 Å². The number of amides is 2. The van der Waals surface area contributed by atoms with Gasteiger partial charge in [0.2, 0.25) is 11.8 Å². The maximum Gasteiger partial charge on any atom is 0.237 e. The van der Waals surface area contributed by atoms with Gasteiger partial charge in [0.25, 0.3) is 0 Å². The standard InChI is InChI=1S/C19H29N3O2/c1-14(2)21(12-18(20)23)13-19(24)22(15(3)17-9-10-17)11-16-7-5-4-6-8-16/h4-8,14-15,17H,9-13H2,1-3H3,(H2,20,23). The van der Waals surface area contributed by atoms with Crippen LogP contribution in [0.15, 0.2) is 30.3 Å². The molecule has 0 aromatic heterocycles. The Morgan fingerprint density at radius 1 is 1.12 bits per heavy atom. The first-order chi connectivity index (χ1) is 11.4. The predicted octanol–water partition coefficient (Wildman–Crippen LogP) is 2.01. The third kappa shape index (κ3) is 5.34. The van der Waals surface area contributed by atoms with Gasteiger partial charge in [-0.2, -0.15) is 0 Å². The maximum atomic E-state index is 12.9. The van der Waals surface area contributed by atoms with Crippen molar-refractivity contribution < 1.29 is 9.59 Å². The maximum absolute atomic E-state index is 12.9. The molecular weight excluding hydrogens is 302 g/mol. The summed E-state index contributed by atoms with van der Waals surface area (Å²) in [5.74, 6) is 0.260. The second kappa shape index (κ2) is 8.29. The van der Waals surface area contributed by atoms with E-state index in [9.17, 15) is 9.59 Å². The number of benzene rings is 1. The summed E-state index contributed by atoms with van der Waals surface area (Å²) in [6, 6.07) is 10.4.